The molecule has 0 atom stereocenters. The van der Waals surface area contributed by atoms with E-state index in [1.807, 2.05) is 18.2 Å². The van der Waals surface area contributed by atoms with Crippen molar-refractivity contribution in [1.82, 2.24) is 10.1 Å². The van der Waals surface area contributed by atoms with Gasteiger partial charge in [-0.3, -0.25) is 4.98 Å². The van der Waals surface area contributed by atoms with Crippen molar-refractivity contribution >= 4 is 17.2 Å². The molecular weight excluding hydrogens is 270 g/mol. The predicted octanol–water partition coefficient (Wildman–Crippen LogP) is 3.54. The third-order valence-corrected chi connectivity index (χ3v) is 4.85. The van der Waals surface area contributed by atoms with E-state index >= 15 is 0 Å². The quantitative estimate of drug-likeness (QED) is 0.781. The monoisotopic (exact) mass is 283 g/mol. The molecule has 1 aliphatic carbocycles. The van der Waals surface area contributed by atoms with Crippen LogP contribution < -0.4 is 5.73 Å². The average Bonchev–Trinajstić information content (AvgIpc) is 3.12. The molecule has 3 aromatic rings. The van der Waals surface area contributed by atoms with Crippen LogP contribution in [0.3, 0.4) is 0 Å². The lowest BCUT2D eigenvalue weighted by Crippen LogP contribution is -1.90. The van der Waals surface area contributed by atoms with Gasteiger partial charge in [0.05, 0.1) is 16.1 Å². The molecule has 0 fully saturated rings. The summed E-state index contributed by atoms with van der Waals surface area (Å²) in [4.78, 5) is 6.91. The van der Waals surface area contributed by atoms with Gasteiger partial charge in [-0.05, 0) is 43.0 Å². The van der Waals surface area contributed by atoms with Crippen molar-refractivity contribution in [1.29, 1.82) is 0 Å². The first kappa shape index (κ1) is 11.7. The Morgan fingerprint density at radius 2 is 2.20 bits per heavy atom. The lowest BCUT2D eigenvalue weighted by molar-refractivity contribution is 0.437. The fraction of sp³-hybridized carbons (Fsp3) is 0.200. The van der Waals surface area contributed by atoms with Gasteiger partial charge >= 0.3 is 0 Å². The van der Waals surface area contributed by atoms with E-state index in [-0.39, 0.29) is 0 Å². The molecule has 0 aromatic carbocycles. The largest absolute Gasteiger partial charge is 0.380 e. The Morgan fingerprint density at radius 3 is 3.00 bits per heavy atom. The van der Waals surface area contributed by atoms with Crippen molar-refractivity contribution < 1.29 is 4.52 Å². The molecule has 4 rings (SSSR count). The SMILES string of the molecule is Nc1noc(-c2cc3c(s2)CCC3)c1-c1ccccn1. The van der Waals surface area contributed by atoms with Crippen LogP contribution in [0.2, 0.25) is 0 Å². The Bertz CT molecular complexity index is 739. The number of hydrogen-bond donors (Lipinski definition) is 1. The molecule has 0 bridgehead atoms. The van der Waals surface area contributed by atoms with Gasteiger partial charge in [0.15, 0.2) is 11.6 Å². The summed E-state index contributed by atoms with van der Waals surface area (Å²) in [6, 6.07) is 7.95. The lowest BCUT2D eigenvalue weighted by atomic mass is 10.1. The first-order chi connectivity index (χ1) is 9.83. The molecule has 0 aliphatic heterocycles. The highest BCUT2D eigenvalue weighted by atomic mass is 32.1. The third kappa shape index (κ3) is 1.74. The van der Waals surface area contributed by atoms with Crippen molar-refractivity contribution in [3.63, 3.8) is 0 Å². The second-order valence-corrected chi connectivity index (χ2v) is 6.04. The Balaban J connectivity index is 1.87. The predicted molar refractivity (Wildman–Crippen MR) is 79.5 cm³/mol. The molecule has 0 saturated carbocycles. The van der Waals surface area contributed by atoms with E-state index in [2.05, 4.69) is 16.2 Å². The fourth-order valence-electron chi connectivity index (χ4n) is 2.67. The molecule has 0 spiro atoms. The van der Waals surface area contributed by atoms with Crippen LogP contribution in [0.15, 0.2) is 35.0 Å². The number of nitrogens with zero attached hydrogens (tertiary/aromatic N) is 2. The lowest BCUT2D eigenvalue weighted by Gasteiger charge is -1.99. The van der Waals surface area contributed by atoms with Crippen LogP contribution in [0.5, 0.6) is 0 Å². The Morgan fingerprint density at radius 1 is 1.25 bits per heavy atom. The molecule has 4 nitrogen and oxygen atoms in total. The summed E-state index contributed by atoms with van der Waals surface area (Å²) < 4.78 is 5.47. The van der Waals surface area contributed by atoms with Crippen LogP contribution >= 0.6 is 11.3 Å². The summed E-state index contributed by atoms with van der Waals surface area (Å²) in [5.74, 6) is 1.13. The number of aryl methyl sites for hydroxylation is 2. The molecule has 0 radical (unpaired) electrons. The summed E-state index contributed by atoms with van der Waals surface area (Å²) in [5, 5.41) is 3.92. The number of hydrogen-bond acceptors (Lipinski definition) is 5. The minimum atomic E-state index is 0.396. The van der Waals surface area contributed by atoms with Gasteiger partial charge in [0.2, 0.25) is 0 Å². The Hall–Kier alpha value is -2.14. The highest BCUT2D eigenvalue weighted by Crippen LogP contribution is 2.42. The van der Waals surface area contributed by atoms with Gasteiger partial charge in [-0.2, -0.15) is 0 Å². The number of fused-ring (bicyclic) bond motifs is 1. The van der Waals surface area contributed by atoms with Gasteiger partial charge < -0.3 is 10.3 Å². The van der Waals surface area contributed by atoms with E-state index in [1.165, 1.54) is 23.3 Å². The number of nitrogen functional groups attached to an aromatic ring is 1. The zero-order valence-corrected chi connectivity index (χ0v) is 11.6. The third-order valence-electron chi connectivity index (χ3n) is 3.61. The van der Waals surface area contributed by atoms with Crippen LogP contribution in [0.4, 0.5) is 5.82 Å². The molecule has 2 N–H and O–H groups in total. The van der Waals surface area contributed by atoms with Crippen molar-refractivity contribution in [2.24, 2.45) is 0 Å². The fourth-order valence-corrected chi connectivity index (χ4v) is 3.91. The smallest absolute Gasteiger partial charge is 0.188 e. The molecule has 100 valence electrons. The number of rotatable bonds is 2. The number of anilines is 1. The van der Waals surface area contributed by atoms with Crippen LogP contribution in [0, 0.1) is 0 Å². The molecule has 5 heteroatoms. The number of thiophene rings is 1. The van der Waals surface area contributed by atoms with Crippen molar-refractivity contribution in [3.05, 3.63) is 40.9 Å². The normalized spacial score (nSPS) is 13.6. The number of nitrogens with two attached hydrogens (primary N) is 1. The van der Waals surface area contributed by atoms with Gasteiger partial charge in [-0.1, -0.05) is 11.2 Å². The topological polar surface area (TPSA) is 64.9 Å². The van der Waals surface area contributed by atoms with E-state index in [9.17, 15) is 0 Å². The van der Waals surface area contributed by atoms with Crippen LogP contribution in [-0.2, 0) is 12.8 Å². The molecule has 0 saturated heterocycles. The minimum absolute atomic E-state index is 0.396. The average molecular weight is 283 g/mol. The summed E-state index contributed by atoms with van der Waals surface area (Å²) in [6.07, 6.45) is 5.34. The number of pyridine rings is 1. The van der Waals surface area contributed by atoms with Gasteiger partial charge in [0, 0.05) is 11.1 Å². The zero-order chi connectivity index (χ0) is 13.5. The summed E-state index contributed by atoms with van der Waals surface area (Å²) in [6.45, 7) is 0. The Kier molecular flexibility index (Phi) is 2.60. The van der Waals surface area contributed by atoms with Gasteiger partial charge in [-0.15, -0.1) is 11.3 Å². The van der Waals surface area contributed by atoms with E-state index in [1.54, 1.807) is 17.5 Å². The van der Waals surface area contributed by atoms with Crippen molar-refractivity contribution in [2.75, 3.05) is 5.73 Å². The molecule has 0 unspecified atom stereocenters. The second kappa shape index (κ2) is 4.45. The van der Waals surface area contributed by atoms with E-state index in [4.69, 9.17) is 10.3 Å². The van der Waals surface area contributed by atoms with Crippen molar-refractivity contribution in [3.8, 4) is 21.9 Å². The van der Waals surface area contributed by atoms with E-state index in [0.29, 0.717) is 5.82 Å². The zero-order valence-electron chi connectivity index (χ0n) is 10.8. The van der Waals surface area contributed by atoms with Gasteiger partial charge in [0.25, 0.3) is 0 Å². The first-order valence-electron chi connectivity index (χ1n) is 6.61. The van der Waals surface area contributed by atoms with Gasteiger partial charge in [-0.25, -0.2) is 0 Å². The van der Waals surface area contributed by atoms with Crippen LogP contribution in [0.25, 0.3) is 21.9 Å². The maximum atomic E-state index is 5.96. The minimum Gasteiger partial charge on any atom is -0.380 e. The maximum Gasteiger partial charge on any atom is 0.188 e. The maximum absolute atomic E-state index is 5.96. The molecular formula is C15H13N3OS. The summed E-state index contributed by atoms with van der Waals surface area (Å²) in [5.41, 5.74) is 9.00. The number of aromatic nitrogens is 2. The highest BCUT2D eigenvalue weighted by Gasteiger charge is 2.23. The molecule has 3 aromatic heterocycles. The van der Waals surface area contributed by atoms with E-state index < -0.39 is 0 Å². The van der Waals surface area contributed by atoms with E-state index in [0.717, 1.165) is 28.3 Å². The molecule has 0 amide bonds. The molecule has 3 heterocycles. The summed E-state index contributed by atoms with van der Waals surface area (Å²) in [7, 11) is 0. The first-order valence-corrected chi connectivity index (χ1v) is 7.43. The van der Waals surface area contributed by atoms with Crippen LogP contribution in [-0.4, -0.2) is 10.1 Å². The summed E-state index contributed by atoms with van der Waals surface area (Å²) >= 11 is 1.78. The van der Waals surface area contributed by atoms with Crippen LogP contribution in [0.1, 0.15) is 16.9 Å². The second-order valence-electron chi connectivity index (χ2n) is 4.90. The van der Waals surface area contributed by atoms with Crippen molar-refractivity contribution in [2.45, 2.75) is 19.3 Å². The Labute approximate surface area is 120 Å². The standard InChI is InChI=1S/C15H13N3OS/c16-15-13(10-5-1-2-7-17-10)14(19-18-15)12-8-9-4-3-6-11(9)20-12/h1-2,5,7-8H,3-4,6H2,(H2,16,18). The molecule has 20 heavy (non-hydrogen) atoms. The molecule has 1 aliphatic rings. The van der Waals surface area contributed by atoms with Gasteiger partial charge in [0.1, 0.15) is 0 Å². The highest BCUT2D eigenvalue weighted by molar-refractivity contribution is 7.15.